The van der Waals surface area contributed by atoms with E-state index >= 15 is 0 Å². The Balaban J connectivity index is 3.14. The molecule has 0 aliphatic heterocycles. The molecule has 6 heteroatoms. The van der Waals surface area contributed by atoms with Gasteiger partial charge in [0.25, 0.3) is 0 Å². The zero-order valence-electron chi connectivity index (χ0n) is 3.87. The maximum absolute atomic E-state index is 5.26. The first-order chi connectivity index (χ1) is 3.70. The minimum Gasteiger partial charge on any atom is -0.380 e. The molecule has 0 amide bonds. The van der Waals surface area contributed by atoms with Gasteiger partial charge in [-0.05, 0) is 22.6 Å². The molecule has 0 atom stereocenters. The Morgan fingerprint density at radius 1 is 1.50 bits per heavy atom. The van der Waals surface area contributed by atoms with E-state index in [2.05, 4.69) is 10.2 Å². The van der Waals surface area contributed by atoms with Crippen LogP contribution in [0.1, 0.15) is 0 Å². The van der Waals surface area contributed by atoms with E-state index in [1.165, 1.54) is 0 Å². The van der Waals surface area contributed by atoms with Gasteiger partial charge in [0.2, 0.25) is 0 Å². The van der Waals surface area contributed by atoms with Gasteiger partial charge in [-0.2, -0.15) is 0 Å². The van der Waals surface area contributed by atoms with Crippen LogP contribution in [0.4, 0.5) is 5.82 Å². The van der Waals surface area contributed by atoms with Gasteiger partial charge in [0, 0.05) is 0 Å². The average molecular weight is 225 g/mol. The fourth-order valence-electron chi connectivity index (χ4n) is 0.315. The first-order valence-corrected chi connectivity index (χ1v) is 2.91. The summed E-state index contributed by atoms with van der Waals surface area (Å²) in [5, 5.41) is 7.22. The van der Waals surface area contributed by atoms with E-state index in [1.54, 1.807) is 0 Å². The summed E-state index contributed by atoms with van der Waals surface area (Å²) >= 11 is 1.95. The molecule has 1 rings (SSSR count). The maximum Gasteiger partial charge on any atom is 0.181 e. The highest BCUT2D eigenvalue weighted by atomic mass is 127. The molecule has 1 heterocycles. The fraction of sp³-hybridized carbons (Fsp3) is 0. The number of nitrogens with two attached hydrogens (primary N) is 2. The second-order valence-electron chi connectivity index (χ2n) is 1.20. The van der Waals surface area contributed by atoms with Gasteiger partial charge < -0.3 is 11.6 Å². The van der Waals surface area contributed by atoms with Crippen molar-refractivity contribution >= 4 is 28.4 Å². The molecule has 0 aliphatic rings. The van der Waals surface area contributed by atoms with Gasteiger partial charge in [0.05, 0.1) is 0 Å². The van der Waals surface area contributed by atoms with Gasteiger partial charge in [-0.3, -0.25) is 0 Å². The van der Waals surface area contributed by atoms with E-state index in [4.69, 9.17) is 11.6 Å². The van der Waals surface area contributed by atoms with Crippen molar-refractivity contribution < 1.29 is 0 Å². The van der Waals surface area contributed by atoms with Crippen LogP contribution in [0.5, 0.6) is 0 Å². The summed E-state index contributed by atoms with van der Waals surface area (Å²) < 4.78 is 0.630. The molecule has 0 unspecified atom stereocenters. The number of halogens is 1. The highest BCUT2D eigenvalue weighted by molar-refractivity contribution is 14.1. The number of nitrogens with zero attached hydrogens (tertiary/aromatic N) is 3. The minimum atomic E-state index is 0.369. The fourth-order valence-corrected chi connectivity index (χ4v) is 0.644. The first-order valence-electron chi connectivity index (χ1n) is 1.83. The lowest BCUT2D eigenvalue weighted by atomic mass is 10.8. The smallest absolute Gasteiger partial charge is 0.181 e. The van der Waals surface area contributed by atoms with Gasteiger partial charge in [-0.15, -0.1) is 10.2 Å². The highest BCUT2D eigenvalue weighted by Crippen LogP contribution is 2.04. The van der Waals surface area contributed by atoms with Crippen LogP contribution < -0.4 is 11.6 Å². The van der Waals surface area contributed by atoms with Crippen LogP contribution in [0.25, 0.3) is 0 Å². The Labute approximate surface area is 59.1 Å². The summed E-state index contributed by atoms with van der Waals surface area (Å²) in [5.41, 5.74) is 5.26. The molecule has 4 N–H and O–H groups in total. The van der Waals surface area contributed by atoms with Crippen LogP contribution in [-0.2, 0) is 0 Å². The van der Waals surface area contributed by atoms with Crippen molar-refractivity contribution in [3.8, 4) is 0 Å². The third kappa shape index (κ3) is 0.831. The van der Waals surface area contributed by atoms with Crippen molar-refractivity contribution in [1.29, 1.82) is 0 Å². The zero-order chi connectivity index (χ0) is 6.15. The van der Waals surface area contributed by atoms with E-state index in [0.717, 1.165) is 4.91 Å². The molecule has 0 spiro atoms. The molecule has 1 aromatic rings. The van der Waals surface area contributed by atoms with Crippen LogP contribution >= 0.6 is 22.6 Å². The normalized spacial score (nSPS) is 9.62. The molecule has 5 nitrogen and oxygen atoms in total. The lowest BCUT2D eigenvalue weighted by Crippen LogP contribution is -2.11. The summed E-state index contributed by atoms with van der Waals surface area (Å²) in [6.45, 7) is 0. The highest BCUT2D eigenvalue weighted by Gasteiger charge is 1.98. The molecule has 8 heavy (non-hydrogen) atoms. The molecule has 1 aromatic heterocycles. The third-order valence-electron chi connectivity index (χ3n) is 0.612. The molecule has 0 aromatic carbocycles. The summed E-state index contributed by atoms with van der Waals surface area (Å²) in [6, 6.07) is 0. The van der Waals surface area contributed by atoms with E-state index in [1.807, 2.05) is 22.6 Å². The number of rotatable bonds is 0. The van der Waals surface area contributed by atoms with Crippen molar-refractivity contribution in [1.82, 2.24) is 15.1 Å². The lowest BCUT2D eigenvalue weighted by molar-refractivity contribution is 0.706. The topological polar surface area (TPSA) is 82.8 Å². The molecule has 0 fully saturated rings. The van der Waals surface area contributed by atoms with Gasteiger partial charge in [0.15, 0.2) is 9.52 Å². The molecule has 0 saturated heterocycles. The number of anilines is 1. The Morgan fingerprint density at radius 2 is 2.12 bits per heavy atom. The standard InChI is InChI=1S/C2H4IN5/c3-1-2(4)7-8(5)6-1/h5H2,(H2,4,7). The summed E-state index contributed by atoms with van der Waals surface area (Å²) in [5.74, 6) is 5.46. The van der Waals surface area contributed by atoms with Crippen LogP contribution in [0.2, 0.25) is 0 Å². The number of hydrogen-bond donors (Lipinski definition) is 2. The SMILES string of the molecule is Nc1nn(N)nc1I. The Kier molecular flexibility index (Phi) is 1.24. The molecular formula is C2H4IN5. The molecule has 0 radical (unpaired) electrons. The zero-order valence-corrected chi connectivity index (χ0v) is 6.03. The molecular weight excluding hydrogens is 221 g/mol. The van der Waals surface area contributed by atoms with Gasteiger partial charge >= 0.3 is 0 Å². The average Bonchev–Trinajstić information content (AvgIpc) is 1.85. The number of nitrogen functional groups attached to an aromatic ring is 2. The summed E-state index contributed by atoms with van der Waals surface area (Å²) in [6.07, 6.45) is 0. The molecule has 0 saturated carbocycles. The van der Waals surface area contributed by atoms with Crippen molar-refractivity contribution in [2.24, 2.45) is 0 Å². The van der Waals surface area contributed by atoms with Crippen LogP contribution in [0.3, 0.4) is 0 Å². The first kappa shape index (κ1) is 5.60. The van der Waals surface area contributed by atoms with Gasteiger partial charge in [-0.25, -0.2) is 0 Å². The van der Waals surface area contributed by atoms with Crippen molar-refractivity contribution in [2.45, 2.75) is 0 Å². The monoisotopic (exact) mass is 225 g/mol. The van der Waals surface area contributed by atoms with Crippen LogP contribution in [-0.4, -0.2) is 15.1 Å². The predicted molar refractivity (Wildman–Crippen MR) is 37.3 cm³/mol. The number of aromatic nitrogens is 3. The van der Waals surface area contributed by atoms with Crippen molar-refractivity contribution in [3.05, 3.63) is 3.70 Å². The Hall–Kier alpha value is -0.530. The van der Waals surface area contributed by atoms with E-state index in [9.17, 15) is 0 Å². The number of hydrogen-bond acceptors (Lipinski definition) is 4. The molecule has 0 bridgehead atoms. The molecule has 0 aliphatic carbocycles. The largest absolute Gasteiger partial charge is 0.380 e. The predicted octanol–water partition coefficient (Wildman–Crippen LogP) is -0.821. The Morgan fingerprint density at radius 3 is 2.25 bits per heavy atom. The maximum atomic E-state index is 5.26. The minimum absolute atomic E-state index is 0.369. The van der Waals surface area contributed by atoms with E-state index in [0.29, 0.717) is 9.52 Å². The summed E-state index contributed by atoms with van der Waals surface area (Å²) in [4.78, 5) is 0.942. The van der Waals surface area contributed by atoms with Gasteiger partial charge in [-0.1, -0.05) is 4.91 Å². The third-order valence-corrected chi connectivity index (χ3v) is 1.38. The second kappa shape index (κ2) is 1.77. The quantitative estimate of drug-likeness (QED) is 0.446. The lowest BCUT2D eigenvalue weighted by Gasteiger charge is -1.77. The van der Waals surface area contributed by atoms with Gasteiger partial charge in [0.1, 0.15) is 0 Å². The van der Waals surface area contributed by atoms with E-state index in [-0.39, 0.29) is 0 Å². The Bertz CT molecular complexity index is 173. The summed E-state index contributed by atoms with van der Waals surface area (Å²) in [7, 11) is 0. The van der Waals surface area contributed by atoms with Crippen LogP contribution in [0, 0.1) is 3.70 Å². The van der Waals surface area contributed by atoms with E-state index < -0.39 is 0 Å². The second-order valence-corrected chi connectivity index (χ2v) is 2.22. The van der Waals surface area contributed by atoms with Crippen molar-refractivity contribution in [3.63, 3.8) is 0 Å². The molecule has 44 valence electrons. The van der Waals surface area contributed by atoms with Crippen LogP contribution in [0.15, 0.2) is 0 Å². The van der Waals surface area contributed by atoms with Crippen molar-refractivity contribution in [2.75, 3.05) is 11.6 Å².